The van der Waals surface area contributed by atoms with Crippen LogP contribution in [0.5, 0.6) is 0 Å². The average molecular weight is 356 g/mol. The molecule has 1 amide bonds. The van der Waals surface area contributed by atoms with Crippen LogP contribution in [0.1, 0.15) is 40.5 Å². The summed E-state index contributed by atoms with van der Waals surface area (Å²) in [5, 5.41) is 12.2. The number of hydrogen-bond acceptors (Lipinski definition) is 5. The molecule has 0 unspecified atom stereocenters. The van der Waals surface area contributed by atoms with E-state index in [4.69, 9.17) is 4.42 Å². The summed E-state index contributed by atoms with van der Waals surface area (Å²) < 4.78 is 7.02. The molecule has 3 aromatic rings. The first-order valence-corrected chi connectivity index (χ1v) is 8.95. The molecular weight excluding hydrogens is 336 g/mol. The number of furan rings is 1. The number of aromatic nitrogens is 3. The molecule has 3 rings (SSSR count). The van der Waals surface area contributed by atoms with Crippen molar-refractivity contribution in [1.29, 1.82) is 0 Å². The number of amides is 1. The molecule has 0 aliphatic rings. The van der Waals surface area contributed by atoms with E-state index in [-0.39, 0.29) is 17.7 Å². The first-order valence-electron chi connectivity index (χ1n) is 7.97. The quantitative estimate of drug-likeness (QED) is 0.684. The van der Waals surface area contributed by atoms with Crippen LogP contribution < -0.4 is 5.32 Å². The summed E-state index contributed by atoms with van der Waals surface area (Å²) in [6, 6.07) is 11.3. The van der Waals surface area contributed by atoms with Crippen molar-refractivity contribution in [2.24, 2.45) is 7.05 Å². The maximum absolute atomic E-state index is 12.1. The minimum absolute atomic E-state index is 0.269. The summed E-state index contributed by atoms with van der Waals surface area (Å²) in [4.78, 5) is 12.1. The summed E-state index contributed by atoms with van der Waals surface area (Å²) in [6.45, 7) is 3.98. The van der Waals surface area contributed by atoms with Gasteiger partial charge in [0.2, 0.25) is 0 Å². The van der Waals surface area contributed by atoms with Crippen molar-refractivity contribution in [1.82, 2.24) is 20.1 Å². The van der Waals surface area contributed by atoms with Gasteiger partial charge in [0.15, 0.2) is 16.7 Å². The second-order valence-electron chi connectivity index (χ2n) is 5.79. The lowest BCUT2D eigenvalue weighted by Gasteiger charge is -2.12. The highest BCUT2D eigenvalue weighted by Gasteiger charge is 2.19. The molecule has 0 fully saturated rings. The van der Waals surface area contributed by atoms with Crippen molar-refractivity contribution in [3.63, 3.8) is 0 Å². The zero-order valence-electron chi connectivity index (χ0n) is 14.4. The number of thioether (sulfide) groups is 1. The largest absolute Gasteiger partial charge is 0.459 e. The zero-order valence-corrected chi connectivity index (χ0v) is 15.2. The monoisotopic (exact) mass is 356 g/mol. The van der Waals surface area contributed by atoms with Crippen LogP contribution in [0.25, 0.3) is 0 Å². The van der Waals surface area contributed by atoms with Gasteiger partial charge in [-0.2, -0.15) is 0 Å². The van der Waals surface area contributed by atoms with Crippen molar-refractivity contribution >= 4 is 17.7 Å². The SMILES string of the molecule is Cc1ccccc1CSc1nnc([C@H](C)NC(=O)c2ccco2)n1C. The Hall–Kier alpha value is -2.54. The van der Waals surface area contributed by atoms with E-state index in [0.717, 1.165) is 10.9 Å². The normalized spacial score (nSPS) is 12.1. The van der Waals surface area contributed by atoms with Crippen molar-refractivity contribution < 1.29 is 9.21 Å². The van der Waals surface area contributed by atoms with Gasteiger partial charge in [0.1, 0.15) is 0 Å². The van der Waals surface area contributed by atoms with Gasteiger partial charge in [0.05, 0.1) is 12.3 Å². The number of benzene rings is 1. The molecule has 2 heterocycles. The lowest BCUT2D eigenvalue weighted by Crippen LogP contribution is -2.28. The van der Waals surface area contributed by atoms with E-state index in [1.165, 1.54) is 17.4 Å². The van der Waals surface area contributed by atoms with E-state index in [9.17, 15) is 4.79 Å². The van der Waals surface area contributed by atoms with Gasteiger partial charge < -0.3 is 14.3 Å². The number of aryl methyl sites for hydroxylation is 1. The molecule has 1 atom stereocenters. The van der Waals surface area contributed by atoms with Crippen LogP contribution in [0.4, 0.5) is 0 Å². The van der Waals surface area contributed by atoms with Crippen molar-refractivity contribution in [3.05, 3.63) is 65.4 Å². The third-order valence-electron chi connectivity index (χ3n) is 3.97. The molecule has 0 saturated carbocycles. The number of nitrogens with zero attached hydrogens (tertiary/aromatic N) is 3. The molecule has 6 nitrogen and oxygen atoms in total. The summed E-state index contributed by atoms with van der Waals surface area (Å²) in [5.74, 6) is 1.54. The number of hydrogen-bond donors (Lipinski definition) is 1. The lowest BCUT2D eigenvalue weighted by molar-refractivity contribution is 0.0909. The molecular formula is C18H20N4O2S. The van der Waals surface area contributed by atoms with E-state index < -0.39 is 0 Å². The molecule has 1 aromatic carbocycles. The van der Waals surface area contributed by atoms with Gasteiger partial charge in [-0.3, -0.25) is 4.79 Å². The summed E-state index contributed by atoms with van der Waals surface area (Å²) in [5.41, 5.74) is 2.53. The fraction of sp³-hybridized carbons (Fsp3) is 0.278. The van der Waals surface area contributed by atoms with Crippen LogP contribution >= 0.6 is 11.8 Å². The van der Waals surface area contributed by atoms with Gasteiger partial charge in [-0.15, -0.1) is 10.2 Å². The Morgan fingerprint density at radius 3 is 2.80 bits per heavy atom. The highest BCUT2D eigenvalue weighted by Crippen LogP contribution is 2.24. The minimum Gasteiger partial charge on any atom is -0.459 e. The Bertz CT molecular complexity index is 858. The molecule has 0 radical (unpaired) electrons. The molecule has 0 saturated heterocycles. The van der Waals surface area contributed by atoms with Crippen LogP contribution in [0, 0.1) is 6.92 Å². The van der Waals surface area contributed by atoms with Gasteiger partial charge >= 0.3 is 0 Å². The molecule has 0 aliphatic carbocycles. The summed E-state index contributed by atoms with van der Waals surface area (Å²) in [7, 11) is 1.91. The summed E-state index contributed by atoms with van der Waals surface area (Å²) >= 11 is 1.63. The molecule has 0 bridgehead atoms. The average Bonchev–Trinajstić information content (AvgIpc) is 3.24. The Balaban J connectivity index is 1.66. The van der Waals surface area contributed by atoms with Crippen LogP contribution in [0.2, 0.25) is 0 Å². The van der Waals surface area contributed by atoms with Gasteiger partial charge in [0, 0.05) is 12.8 Å². The second kappa shape index (κ2) is 7.57. The van der Waals surface area contributed by atoms with E-state index in [2.05, 4.69) is 34.6 Å². The summed E-state index contributed by atoms with van der Waals surface area (Å²) in [6.07, 6.45) is 1.47. The molecule has 25 heavy (non-hydrogen) atoms. The minimum atomic E-state index is -0.275. The van der Waals surface area contributed by atoms with Gasteiger partial charge in [-0.05, 0) is 37.1 Å². The first-order chi connectivity index (χ1) is 12.1. The van der Waals surface area contributed by atoms with Crippen LogP contribution in [0.15, 0.2) is 52.2 Å². The van der Waals surface area contributed by atoms with Crippen molar-refractivity contribution in [3.8, 4) is 0 Å². The topological polar surface area (TPSA) is 73.0 Å². The van der Waals surface area contributed by atoms with Gasteiger partial charge in [-0.25, -0.2) is 0 Å². The first kappa shape index (κ1) is 17.3. The fourth-order valence-corrected chi connectivity index (χ4v) is 3.48. The Labute approximate surface area is 150 Å². The van der Waals surface area contributed by atoms with Gasteiger partial charge in [0.25, 0.3) is 5.91 Å². The Morgan fingerprint density at radius 1 is 1.28 bits per heavy atom. The Morgan fingerprint density at radius 2 is 2.08 bits per heavy atom. The van der Waals surface area contributed by atoms with E-state index in [0.29, 0.717) is 5.82 Å². The van der Waals surface area contributed by atoms with Crippen LogP contribution in [-0.2, 0) is 12.8 Å². The van der Waals surface area contributed by atoms with E-state index in [1.807, 2.05) is 30.7 Å². The second-order valence-corrected chi connectivity index (χ2v) is 6.73. The number of carbonyl (C=O) groups excluding carboxylic acids is 1. The van der Waals surface area contributed by atoms with E-state index in [1.54, 1.807) is 23.9 Å². The molecule has 1 N–H and O–H groups in total. The van der Waals surface area contributed by atoms with Gasteiger partial charge in [-0.1, -0.05) is 36.0 Å². The highest BCUT2D eigenvalue weighted by molar-refractivity contribution is 7.98. The van der Waals surface area contributed by atoms with Crippen LogP contribution in [0.3, 0.4) is 0 Å². The molecule has 0 spiro atoms. The van der Waals surface area contributed by atoms with Crippen LogP contribution in [-0.4, -0.2) is 20.7 Å². The van der Waals surface area contributed by atoms with Crippen molar-refractivity contribution in [2.45, 2.75) is 30.8 Å². The number of carbonyl (C=O) groups is 1. The molecule has 7 heteroatoms. The Kier molecular flexibility index (Phi) is 5.23. The predicted octanol–water partition coefficient (Wildman–Crippen LogP) is 3.50. The fourth-order valence-electron chi connectivity index (χ4n) is 2.48. The zero-order chi connectivity index (χ0) is 17.8. The van der Waals surface area contributed by atoms with Crippen molar-refractivity contribution in [2.75, 3.05) is 0 Å². The number of nitrogens with one attached hydrogen (secondary N) is 1. The third-order valence-corrected chi connectivity index (χ3v) is 5.04. The molecule has 2 aromatic heterocycles. The molecule has 130 valence electrons. The predicted molar refractivity (Wildman–Crippen MR) is 96.3 cm³/mol. The standard InChI is InChI=1S/C18H20N4O2S/c1-12-7-4-5-8-14(12)11-25-18-21-20-16(22(18)3)13(2)19-17(23)15-9-6-10-24-15/h4-10,13H,11H2,1-3H3,(H,19,23)/t13-/m0/s1. The lowest BCUT2D eigenvalue weighted by atomic mass is 10.1. The molecule has 0 aliphatic heterocycles. The third kappa shape index (κ3) is 3.93. The maximum atomic E-state index is 12.1. The smallest absolute Gasteiger partial charge is 0.287 e. The maximum Gasteiger partial charge on any atom is 0.287 e. The highest BCUT2D eigenvalue weighted by atomic mass is 32.2. The van der Waals surface area contributed by atoms with E-state index >= 15 is 0 Å². The number of rotatable bonds is 6.